The first-order valence-electron chi connectivity index (χ1n) is 10.2. The van der Waals surface area contributed by atoms with Gasteiger partial charge in [-0.05, 0) is 48.7 Å². The van der Waals surface area contributed by atoms with Crippen LogP contribution in [0.4, 0.5) is 20.4 Å². The van der Waals surface area contributed by atoms with E-state index in [1.807, 2.05) is 25.1 Å². The van der Waals surface area contributed by atoms with Crippen LogP contribution in [0.15, 0.2) is 42.7 Å². The standard InChI is InChI=1S/C22H23F2N5O2.2H2/c1-14-4-15(22(30)2-3-28(12-22)20-10-31-11-20)6-18(5-14)26-21-25-13-29(27-21)19-8-16(23)7-17(24)9-19;;/h4-9,13,20,30H,2-3,10-12H2,1H3,(H,26,27);2*1H/t22-;;/m0../s1. The normalized spacial score (nSPS) is 21.9. The zero-order chi connectivity index (χ0) is 21.6. The van der Waals surface area contributed by atoms with Crippen molar-refractivity contribution >= 4 is 11.6 Å². The van der Waals surface area contributed by atoms with Crippen LogP contribution in [0, 0.1) is 18.6 Å². The number of nitrogens with one attached hydrogen (secondary N) is 1. The molecule has 7 nitrogen and oxygen atoms in total. The molecule has 2 saturated heterocycles. The largest absolute Gasteiger partial charge is 0.384 e. The molecule has 2 aliphatic rings. The van der Waals surface area contributed by atoms with Gasteiger partial charge in [-0.3, -0.25) is 4.90 Å². The predicted octanol–water partition coefficient (Wildman–Crippen LogP) is 3.38. The minimum absolute atomic E-state index is 0. The van der Waals surface area contributed by atoms with Crippen molar-refractivity contribution in [2.45, 2.75) is 25.0 Å². The molecule has 0 saturated carbocycles. The molecule has 5 rings (SSSR count). The third kappa shape index (κ3) is 4.04. The molecule has 0 spiro atoms. The average molecular weight is 431 g/mol. The highest BCUT2D eigenvalue weighted by molar-refractivity contribution is 5.57. The van der Waals surface area contributed by atoms with Gasteiger partial charge in [-0.25, -0.2) is 13.5 Å². The number of anilines is 2. The lowest BCUT2D eigenvalue weighted by Crippen LogP contribution is -2.49. The molecule has 1 aromatic heterocycles. The van der Waals surface area contributed by atoms with Gasteiger partial charge in [-0.15, -0.1) is 5.10 Å². The number of rotatable bonds is 5. The summed E-state index contributed by atoms with van der Waals surface area (Å²) in [4.78, 5) is 6.46. The van der Waals surface area contributed by atoms with Gasteiger partial charge < -0.3 is 15.2 Å². The van der Waals surface area contributed by atoms with Crippen LogP contribution in [0.1, 0.15) is 20.4 Å². The van der Waals surface area contributed by atoms with Crippen LogP contribution in [-0.2, 0) is 10.3 Å². The maximum atomic E-state index is 13.5. The van der Waals surface area contributed by atoms with E-state index in [-0.39, 0.29) is 14.5 Å². The summed E-state index contributed by atoms with van der Waals surface area (Å²) in [5.41, 5.74) is 1.87. The van der Waals surface area contributed by atoms with Crippen molar-refractivity contribution in [2.75, 3.05) is 31.6 Å². The summed E-state index contributed by atoms with van der Waals surface area (Å²) >= 11 is 0. The van der Waals surface area contributed by atoms with E-state index in [1.165, 1.54) is 23.1 Å². The van der Waals surface area contributed by atoms with Gasteiger partial charge in [-0.2, -0.15) is 4.98 Å². The second-order valence-electron chi connectivity index (χ2n) is 8.30. The third-order valence-electron chi connectivity index (χ3n) is 5.89. The molecule has 2 fully saturated rings. The highest BCUT2D eigenvalue weighted by atomic mass is 19.1. The molecule has 3 aromatic rings. The van der Waals surface area contributed by atoms with Gasteiger partial charge in [0, 0.05) is 27.7 Å². The summed E-state index contributed by atoms with van der Waals surface area (Å²) in [6.07, 6.45) is 2.04. The second kappa shape index (κ2) is 7.67. The Morgan fingerprint density at radius 3 is 2.65 bits per heavy atom. The minimum atomic E-state index is -0.927. The molecule has 3 heterocycles. The summed E-state index contributed by atoms with van der Waals surface area (Å²) in [7, 11) is 0. The third-order valence-corrected chi connectivity index (χ3v) is 5.89. The van der Waals surface area contributed by atoms with Crippen molar-refractivity contribution in [3.05, 3.63) is 65.5 Å². The van der Waals surface area contributed by atoms with Gasteiger partial charge in [0.15, 0.2) is 0 Å². The second-order valence-corrected chi connectivity index (χ2v) is 8.30. The van der Waals surface area contributed by atoms with Crippen LogP contribution in [0.3, 0.4) is 0 Å². The summed E-state index contributed by atoms with van der Waals surface area (Å²) in [6, 6.07) is 9.38. The first-order valence-corrected chi connectivity index (χ1v) is 10.2. The lowest BCUT2D eigenvalue weighted by atomic mass is 9.91. The Morgan fingerprint density at radius 2 is 1.94 bits per heavy atom. The molecule has 2 aromatic carbocycles. The van der Waals surface area contributed by atoms with Crippen LogP contribution in [0.25, 0.3) is 5.69 Å². The lowest BCUT2D eigenvalue weighted by Gasteiger charge is -2.35. The minimum Gasteiger partial charge on any atom is -0.384 e. The van der Waals surface area contributed by atoms with E-state index < -0.39 is 17.2 Å². The van der Waals surface area contributed by atoms with Gasteiger partial charge >= 0.3 is 0 Å². The molecule has 166 valence electrons. The maximum absolute atomic E-state index is 13.5. The lowest BCUT2D eigenvalue weighted by molar-refractivity contribution is -0.0665. The fourth-order valence-electron chi connectivity index (χ4n) is 4.17. The van der Waals surface area contributed by atoms with E-state index >= 15 is 0 Å². The van der Waals surface area contributed by atoms with Crippen molar-refractivity contribution in [3.63, 3.8) is 0 Å². The number of likely N-dealkylation sites (tertiary alicyclic amines) is 1. The number of aliphatic hydroxyl groups is 1. The average Bonchev–Trinajstić information content (AvgIpc) is 3.27. The van der Waals surface area contributed by atoms with Gasteiger partial charge in [0.2, 0.25) is 5.95 Å². The van der Waals surface area contributed by atoms with Gasteiger partial charge in [0.1, 0.15) is 23.6 Å². The SMILES string of the molecule is Cc1cc(Nc2ncn(-c3cc(F)cc(F)c3)n2)cc([C@]2(O)CCN(C3COC3)C2)c1.[HH].[HH]. The molecule has 2 aliphatic heterocycles. The molecule has 0 bridgehead atoms. The van der Waals surface area contributed by atoms with Crippen LogP contribution < -0.4 is 5.32 Å². The van der Waals surface area contributed by atoms with Crippen LogP contribution in [0.5, 0.6) is 0 Å². The highest BCUT2D eigenvalue weighted by Crippen LogP contribution is 2.36. The number of benzene rings is 2. The number of aromatic nitrogens is 3. The van der Waals surface area contributed by atoms with Gasteiger partial charge in [0.25, 0.3) is 0 Å². The van der Waals surface area contributed by atoms with Gasteiger partial charge in [0.05, 0.1) is 24.9 Å². The first kappa shape index (κ1) is 20.0. The number of hydrogen-bond donors (Lipinski definition) is 2. The molecule has 0 unspecified atom stereocenters. The topological polar surface area (TPSA) is 75.4 Å². The van der Waals surface area contributed by atoms with Crippen molar-refractivity contribution < 1.29 is 21.5 Å². The van der Waals surface area contributed by atoms with Crippen LogP contribution in [0.2, 0.25) is 0 Å². The number of halogens is 2. The number of hydrogen-bond acceptors (Lipinski definition) is 6. The van der Waals surface area contributed by atoms with Crippen molar-refractivity contribution in [2.24, 2.45) is 0 Å². The number of nitrogens with zero attached hydrogens (tertiary/aromatic N) is 4. The van der Waals surface area contributed by atoms with Crippen LogP contribution >= 0.6 is 0 Å². The molecule has 1 atom stereocenters. The summed E-state index contributed by atoms with van der Waals surface area (Å²) in [6.45, 7) is 4.81. The Kier molecular flexibility index (Phi) is 4.96. The molecule has 31 heavy (non-hydrogen) atoms. The van der Waals surface area contributed by atoms with Gasteiger partial charge in [-0.1, -0.05) is 6.07 Å². The number of ether oxygens (including phenoxy) is 1. The van der Waals surface area contributed by atoms with E-state index in [0.29, 0.717) is 19.0 Å². The zero-order valence-electron chi connectivity index (χ0n) is 17.1. The Bertz CT molecular complexity index is 1110. The van der Waals surface area contributed by atoms with E-state index in [0.717, 1.165) is 42.6 Å². The Balaban J connectivity index is 0.00000153. The smallest absolute Gasteiger partial charge is 0.246 e. The van der Waals surface area contributed by atoms with E-state index in [1.54, 1.807) is 0 Å². The number of aryl methyl sites for hydroxylation is 1. The number of β-amino-alcohol motifs (C(OH)–C–C–N with tert-alkyl or cyclic N) is 1. The summed E-state index contributed by atoms with van der Waals surface area (Å²) in [5, 5.41) is 18.7. The molecular formula is C22H27F2N5O2. The Labute approximate surface area is 181 Å². The Hall–Kier alpha value is -2.88. The van der Waals surface area contributed by atoms with E-state index in [4.69, 9.17) is 4.74 Å². The Morgan fingerprint density at radius 1 is 1.16 bits per heavy atom. The molecular weight excluding hydrogens is 404 g/mol. The van der Waals surface area contributed by atoms with Crippen molar-refractivity contribution in [1.29, 1.82) is 0 Å². The zero-order valence-corrected chi connectivity index (χ0v) is 17.1. The molecule has 0 amide bonds. The summed E-state index contributed by atoms with van der Waals surface area (Å²) < 4.78 is 33.6. The molecule has 2 N–H and O–H groups in total. The maximum Gasteiger partial charge on any atom is 0.246 e. The quantitative estimate of drug-likeness (QED) is 0.645. The summed E-state index contributed by atoms with van der Waals surface area (Å²) in [5.74, 6) is -1.08. The van der Waals surface area contributed by atoms with Crippen molar-refractivity contribution in [1.82, 2.24) is 19.7 Å². The van der Waals surface area contributed by atoms with Crippen molar-refractivity contribution in [3.8, 4) is 5.69 Å². The highest BCUT2D eigenvalue weighted by Gasteiger charge is 2.42. The molecule has 0 aliphatic carbocycles. The monoisotopic (exact) mass is 431 g/mol. The van der Waals surface area contributed by atoms with E-state index in [2.05, 4.69) is 20.3 Å². The molecule has 0 radical (unpaired) electrons. The fraction of sp³-hybridized carbons (Fsp3) is 0.364. The first-order chi connectivity index (χ1) is 14.9. The van der Waals surface area contributed by atoms with Crippen LogP contribution in [-0.4, -0.2) is 57.1 Å². The predicted molar refractivity (Wildman–Crippen MR) is 115 cm³/mol. The molecule has 9 heteroatoms. The van der Waals surface area contributed by atoms with E-state index in [9.17, 15) is 13.9 Å². The fourth-order valence-corrected chi connectivity index (χ4v) is 4.17.